The third kappa shape index (κ3) is 8.03. The summed E-state index contributed by atoms with van der Waals surface area (Å²) < 4.78 is 5.48. The third-order valence-electron chi connectivity index (χ3n) is 5.16. The maximum atomic E-state index is 8.58. The highest BCUT2D eigenvalue weighted by atomic mass is 35.5. The van der Waals surface area contributed by atoms with Crippen molar-refractivity contribution in [2.75, 3.05) is 6.61 Å². The normalized spacial score (nSPS) is 11.1. The van der Waals surface area contributed by atoms with Crippen LogP contribution in [0.5, 0.6) is 5.75 Å². The molecule has 4 aromatic rings. The van der Waals surface area contributed by atoms with E-state index in [-0.39, 0.29) is 5.92 Å². The molecule has 0 fully saturated rings. The van der Waals surface area contributed by atoms with Gasteiger partial charge < -0.3 is 4.74 Å². The second-order valence-corrected chi connectivity index (χ2v) is 10.3. The largest absolute Gasteiger partial charge is 0.494 e. The molecule has 0 aliphatic rings. The van der Waals surface area contributed by atoms with Crippen molar-refractivity contribution < 1.29 is 4.74 Å². The van der Waals surface area contributed by atoms with Crippen LogP contribution in [0.1, 0.15) is 18.9 Å². The summed E-state index contributed by atoms with van der Waals surface area (Å²) in [7, 11) is -0.446. The molecule has 1 unspecified atom stereocenters. The molecule has 4 heteroatoms. The molecular formula is C30H29ClNOP. The smallest absolute Gasteiger partial charge is 0.119 e. The average molecular weight is 486 g/mol. The van der Waals surface area contributed by atoms with Crippen LogP contribution in [0.15, 0.2) is 115 Å². The fraction of sp³-hybridized carbons (Fsp3) is 0.167. The van der Waals surface area contributed by atoms with Gasteiger partial charge in [-0.25, -0.2) is 0 Å². The van der Waals surface area contributed by atoms with Crippen LogP contribution in [0.3, 0.4) is 0 Å². The van der Waals surface area contributed by atoms with Crippen LogP contribution in [0.2, 0.25) is 0 Å². The number of ether oxygens (including phenoxy) is 1. The van der Waals surface area contributed by atoms with Crippen molar-refractivity contribution >= 4 is 35.4 Å². The van der Waals surface area contributed by atoms with E-state index in [0.717, 1.165) is 17.7 Å². The molecule has 34 heavy (non-hydrogen) atoms. The Morgan fingerprint density at radius 1 is 0.735 bits per heavy atom. The number of alkyl halides is 1. The zero-order valence-electron chi connectivity index (χ0n) is 19.3. The molecule has 172 valence electrons. The van der Waals surface area contributed by atoms with Crippen molar-refractivity contribution in [2.45, 2.75) is 19.2 Å². The van der Waals surface area contributed by atoms with Gasteiger partial charge in [0.1, 0.15) is 5.75 Å². The molecule has 0 saturated heterocycles. The lowest BCUT2D eigenvalue weighted by Crippen LogP contribution is -2.20. The van der Waals surface area contributed by atoms with Crippen LogP contribution in [-0.4, -0.2) is 6.61 Å². The highest BCUT2D eigenvalue weighted by Gasteiger charge is 2.15. The predicted octanol–water partition coefficient (Wildman–Crippen LogP) is 6.80. The quantitative estimate of drug-likeness (QED) is 0.203. The molecule has 4 aromatic carbocycles. The van der Waals surface area contributed by atoms with E-state index in [1.807, 2.05) is 31.2 Å². The first-order chi connectivity index (χ1) is 16.7. The van der Waals surface area contributed by atoms with E-state index in [2.05, 4.69) is 97.1 Å². The van der Waals surface area contributed by atoms with Crippen LogP contribution in [-0.2, 0) is 5.88 Å². The molecule has 4 rings (SSSR count). The average Bonchev–Trinajstić information content (AvgIpc) is 2.91. The molecule has 1 atom stereocenters. The Bertz CT molecular complexity index is 1040. The summed E-state index contributed by atoms with van der Waals surface area (Å²) in [5.74, 6) is 1.40. The Kier molecular flexibility index (Phi) is 10.7. The van der Waals surface area contributed by atoms with Crippen molar-refractivity contribution in [3.05, 3.63) is 121 Å². The van der Waals surface area contributed by atoms with Crippen molar-refractivity contribution in [1.82, 2.24) is 0 Å². The zero-order valence-corrected chi connectivity index (χ0v) is 21.0. The number of halogens is 1. The summed E-state index contributed by atoms with van der Waals surface area (Å²) in [5, 5.41) is 12.8. The number of nitrogens with zero attached hydrogens (tertiary/aromatic N) is 1. The number of rotatable bonds is 8. The maximum absolute atomic E-state index is 8.58. The van der Waals surface area contributed by atoms with E-state index < -0.39 is 7.92 Å². The predicted molar refractivity (Wildman–Crippen MR) is 146 cm³/mol. The summed E-state index contributed by atoms with van der Waals surface area (Å²) in [6.45, 7) is 2.47. The van der Waals surface area contributed by atoms with E-state index in [0.29, 0.717) is 12.5 Å². The van der Waals surface area contributed by atoms with Crippen molar-refractivity contribution in [3.8, 4) is 11.8 Å². The molecule has 0 aromatic heterocycles. The standard InChI is InChI=1S/C18H15P.C12H14ClNO/c1-4-10-16(11-5-1)19(17-12-6-2-7-13-17)18-14-8-3-9-15-18;1-10(9-14)6-7-15-12-4-2-11(8-13)3-5-12/h1-15H;2-5,10H,6-8H2,1H3. The van der Waals surface area contributed by atoms with Gasteiger partial charge in [0.15, 0.2) is 0 Å². The minimum atomic E-state index is -0.446. The molecule has 0 aliphatic heterocycles. The molecule has 0 bridgehead atoms. The molecule has 0 spiro atoms. The van der Waals surface area contributed by atoms with Crippen molar-refractivity contribution in [1.29, 1.82) is 5.26 Å². The fourth-order valence-electron chi connectivity index (χ4n) is 3.27. The van der Waals surface area contributed by atoms with Crippen LogP contribution in [0.4, 0.5) is 0 Å². The highest BCUT2D eigenvalue weighted by Crippen LogP contribution is 2.32. The molecule has 0 saturated carbocycles. The van der Waals surface area contributed by atoms with Crippen LogP contribution < -0.4 is 20.7 Å². The molecule has 0 heterocycles. The van der Waals surface area contributed by atoms with Gasteiger partial charge in [0, 0.05) is 11.8 Å². The van der Waals surface area contributed by atoms with Crippen molar-refractivity contribution in [3.63, 3.8) is 0 Å². The van der Waals surface area contributed by atoms with E-state index in [9.17, 15) is 0 Å². The third-order valence-corrected chi connectivity index (χ3v) is 7.91. The van der Waals surface area contributed by atoms with Crippen molar-refractivity contribution in [2.24, 2.45) is 5.92 Å². The number of hydrogen-bond acceptors (Lipinski definition) is 2. The Hall–Kier alpha value is -3.11. The van der Waals surface area contributed by atoms with Crippen LogP contribution in [0.25, 0.3) is 0 Å². The summed E-state index contributed by atoms with van der Waals surface area (Å²) in [5.41, 5.74) is 1.08. The highest BCUT2D eigenvalue weighted by molar-refractivity contribution is 7.79. The summed E-state index contributed by atoms with van der Waals surface area (Å²) >= 11 is 5.67. The Morgan fingerprint density at radius 3 is 1.56 bits per heavy atom. The minimum Gasteiger partial charge on any atom is -0.494 e. The van der Waals surface area contributed by atoms with Gasteiger partial charge in [-0.2, -0.15) is 5.26 Å². The van der Waals surface area contributed by atoms with Crippen LogP contribution in [0, 0.1) is 17.2 Å². The van der Waals surface area contributed by atoms with Gasteiger partial charge in [-0.1, -0.05) is 103 Å². The molecule has 2 nitrogen and oxygen atoms in total. The van der Waals surface area contributed by atoms with Gasteiger partial charge in [0.2, 0.25) is 0 Å². The minimum absolute atomic E-state index is 0.0483. The van der Waals surface area contributed by atoms with E-state index in [1.54, 1.807) is 0 Å². The van der Waals surface area contributed by atoms with Gasteiger partial charge in [-0.15, -0.1) is 11.6 Å². The van der Waals surface area contributed by atoms with E-state index in [1.165, 1.54) is 15.9 Å². The fourth-order valence-corrected chi connectivity index (χ4v) is 5.75. The maximum Gasteiger partial charge on any atom is 0.119 e. The van der Waals surface area contributed by atoms with E-state index in [4.69, 9.17) is 21.6 Å². The molecule has 0 amide bonds. The first-order valence-electron chi connectivity index (χ1n) is 11.3. The molecule has 0 radical (unpaired) electrons. The van der Waals surface area contributed by atoms with E-state index >= 15 is 0 Å². The molecular weight excluding hydrogens is 457 g/mol. The SMILES string of the molecule is CC(C#N)CCOc1ccc(CCl)cc1.c1ccc(P(c2ccccc2)c2ccccc2)cc1. The first-order valence-corrected chi connectivity index (χ1v) is 13.2. The first kappa shape index (κ1) is 25.5. The number of hydrogen-bond donors (Lipinski definition) is 0. The monoisotopic (exact) mass is 485 g/mol. The van der Waals surface area contributed by atoms with Gasteiger partial charge in [0.25, 0.3) is 0 Å². The zero-order chi connectivity index (χ0) is 24.0. The second-order valence-electron chi connectivity index (χ2n) is 7.79. The Balaban J connectivity index is 0.000000197. The summed E-state index contributed by atoms with van der Waals surface area (Å²) in [6, 6.07) is 42.2. The Morgan fingerprint density at radius 2 is 1.18 bits per heavy atom. The molecule has 0 N–H and O–H groups in total. The number of benzene rings is 4. The lowest BCUT2D eigenvalue weighted by atomic mass is 10.1. The van der Waals surface area contributed by atoms with Gasteiger partial charge in [-0.3, -0.25) is 0 Å². The molecule has 0 aliphatic carbocycles. The topological polar surface area (TPSA) is 33.0 Å². The summed E-state index contributed by atoms with van der Waals surface area (Å²) in [6.07, 6.45) is 0.758. The second kappa shape index (κ2) is 14.2. The lowest BCUT2D eigenvalue weighted by molar-refractivity contribution is 0.297. The van der Waals surface area contributed by atoms with Crippen LogP contribution >= 0.6 is 19.5 Å². The van der Waals surface area contributed by atoms with Gasteiger partial charge in [-0.05, 0) is 54.9 Å². The Labute approximate surface area is 209 Å². The van der Waals surface area contributed by atoms with Gasteiger partial charge in [0.05, 0.1) is 12.7 Å². The lowest BCUT2D eigenvalue weighted by Gasteiger charge is -2.18. The summed E-state index contributed by atoms with van der Waals surface area (Å²) in [4.78, 5) is 0. The van der Waals surface area contributed by atoms with Gasteiger partial charge >= 0.3 is 0 Å². The number of nitriles is 1.